The Morgan fingerprint density at radius 1 is 1.21 bits per heavy atom. The molecule has 0 radical (unpaired) electrons. The lowest BCUT2D eigenvalue weighted by Gasteiger charge is -2.07. The monoisotopic (exact) mass is 296 g/mol. The summed E-state index contributed by atoms with van der Waals surface area (Å²) in [7, 11) is 0. The van der Waals surface area contributed by atoms with Crippen LogP contribution in [0, 0.1) is 5.82 Å². The maximum absolute atomic E-state index is 12.6. The van der Waals surface area contributed by atoms with Gasteiger partial charge in [0.2, 0.25) is 5.91 Å². The van der Waals surface area contributed by atoms with Gasteiger partial charge in [-0.05, 0) is 36.0 Å². The third kappa shape index (κ3) is 7.68. The van der Waals surface area contributed by atoms with Gasteiger partial charge in [-0.25, -0.2) is 4.39 Å². The zero-order chi connectivity index (χ0) is 14.3. The molecule has 2 N–H and O–H groups in total. The van der Waals surface area contributed by atoms with Crippen molar-refractivity contribution in [3.8, 4) is 0 Å². The van der Waals surface area contributed by atoms with E-state index in [1.54, 1.807) is 0 Å². The van der Waals surface area contributed by atoms with Gasteiger partial charge in [0.25, 0.3) is 0 Å². The molecular weight excluding hydrogens is 284 g/mol. The lowest BCUT2D eigenvalue weighted by molar-refractivity contribution is -0.115. The van der Waals surface area contributed by atoms with E-state index >= 15 is 0 Å². The fraction of sp³-hybridized carbons (Fsp3) is 0.364. The zero-order valence-electron chi connectivity index (χ0n) is 9.76. The summed E-state index contributed by atoms with van der Waals surface area (Å²) in [5.74, 6) is -0.975. The molecule has 0 saturated carbocycles. The van der Waals surface area contributed by atoms with Crippen molar-refractivity contribution in [1.29, 1.82) is 0 Å². The van der Waals surface area contributed by atoms with Crippen LogP contribution in [0.3, 0.4) is 0 Å². The third-order valence-electron chi connectivity index (χ3n) is 1.96. The molecule has 3 nitrogen and oxygen atoms in total. The highest BCUT2D eigenvalue weighted by Gasteiger charge is 2.27. The third-order valence-corrected chi connectivity index (χ3v) is 2.69. The molecule has 1 aromatic carbocycles. The molecule has 1 rings (SSSR count). The molecule has 0 aliphatic heterocycles. The van der Waals surface area contributed by atoms with Gasteiger partial charge in [-0.3, -0.25) is 4.79 Å². The minimum Gasteiger partial charge on any atom is -0.325 e. The Labute approximate surface area is 111 Å². The predicted molar refractivity (Wildman–Crippen MR) is 66.4 cm³/mol. The topological polar surface area (TPSA) is 41.1 Å². The molecule has 1 aromatic rings. The predicted octanol–water partition coefficient (Wildman–Crippen LogP) is 2.61. The molecule has 19 heavy (non-hydrogen) atoms. The van der Waals surface area contributed by atoms with Crippen molar-refractivity contribution in [2.45, 2.75) is 5.51 Å². The van der Waals surface area contributed by atoms with Gasteiger partial charge in [0, 0.05) is 18.0 Å². The number of hydrogen-bond donors (Lipinski definition) is 2. The van der Waals surface area contributed by atoms with Crippen LogP contribution in [0.25, 0.3) is 0 Å². The number of hydrogen-bond acceptors (Lipinski definition) is 3. The number of carbonyl (C=O) groups is 1. The Balaban J connectivity index is 2.16. The number of nitrogens with one attached hydrogen (secondary N) is 2. The van der Waals surface area contributed by atoms with E-state index < -0.39 is 17.2 Å². The van der Waals surface area contributed by atoms with E-state index in [1.807, 2.05) is 0 Å². The van der Waals surface area contributed by atoms with Crippen LogP contribution < -0.4 is 10.6 Å². The molecule has 0 aliphatic rings. The van der Waals surface area contributed by atoms with Crippen molar-refractivity contribution in [3.05, 3.63) is 30.1 Å². The molecule has 0 unspecified atom stereocenters. The van der Waals surface area contributed by atoms with Crippen molar-refractivity contribution < 1.29 is 22.4 Å². The van der Waals surface area contributed by atoms with Crippen molar-refractivity contribution in [3.63, 3.8) is 0 Å². The average Bonchev–Trinajstić information content (AvgIpc) is 2.30. The summed E-state index contributed by atoms with van der Waals surface area (Å²) >= 11 is -0.145. The van der Waals surface area contributed by atoms with E-state index in [1.165, 1.54) is 24.3 Å². The second-order valence-corrected chi connectivity index (χ2v) is 4.69. The molecular formula is C11H12F4N2OS. The van der Waals surface area contributed by atoms with Gasteiger partial charge >= 0.3 is 5.51 Å². The number of anilines is 1. The number of amides is 1. The standard InChI is InChI=1S/C11H12F4N2OS/c12-8-1-3-9(4-2-8)17-10(18)7-16-5-6-19-11(13,14)15/h1-4,16H,5-7H2,(H,17,18). The number of halogens is 4. The van der Waals surface area contributed by atoms with E-state index in [9.17, 15) is 22.4 Å². The zero-order valence-corrected chi connectivity index (χ0v) is 10.6. The van der Waals surface area contributed by atoms with Crippen molar-refractivity contribution >= 4 is 23.4 Å². The molecule has 106 valence electrons. The lowest BCUT2D eigenvalue weighted by Crippen LogP contribution is -2.30. The first kappa shape index (κ1) is 15.8. The Morgan fingerprint density at radius 2 is 1.84 bits per heavy atom. The van der Waals surface area contributed by atoms with Gasteiger partial charge in [0.1, 0.15) is 5.82 Å². The van der Waals surface area contributed by atoms with Crippen LogP contribution in [-0.2, 0) is 4.79 Å². The second kappa shape index (κ2) is 7.34. The highest BCUT2D eigenvalue weighted by atomic mass is 32.2. The highest BCUT2D eigenvalue weighted by Crippen LogP contribution is 2.29. The Hall–Kier alpha value is -1.28. The largest absolute Gasteiger partial charge is 0.441 e. The van der Waals surface area contributed by atoms with E-state index in [0.717, 1.165) is 0 Å². The molecule has 0 aromatic heterocycles. The first-order valence-electron chi connectivity index (χ1n) is 5.33. The van der Waals surface area contributed by atoms with E-state index in [4.69, 9.17) is 0 Å². The Bertz CT molecular complexity index is 408. The quantitative estimate of drug-likeness (QED) is 0.626. The smallest absolute Gasteiger partial charge is 0.325 e. The second-order valence-electron chi connectivity index (χ2n) is 3.53. The van der Waals surface area contributed by atoms with Crippen LogP contribution in [-0.4, -0.2) is 30.3 Å². The van der Waals surface area contributed by atoms with E-state index in [-0.39, 0.29) is 30.6 Å². The van der Waals surface area contributed by atoms with Gasteiger partial charge in [-0.15, -0.1) is 0 Å². The first-order valence-corrected chi connectivity index (χ1v) is 6.32. The number of thioether (sulfide) groups is 1. The summed E-state index contributed by atoms with van der Waals surface area (Å²) in [4.78, 5) is 11.4. The van der Waals surface area contributed by atoms with Gasteiger partial charge in [-0.2, -0.15) is 13.2 Å². The van der Waals surface area contributed by atoms with E-state index in [2.05, 4.69) is 10.6 Å². The SMILES string of the molecule is O=C(CNCCSC(F)(F)F)Nc1ccc(F)cc1. The maximum Gasteiger partial charge on any atom is 0.441 e. The average molecular weight is 296 g/mol. The Morgan fingerprint density at radius 3 is 2.42 bits per heavy atom. The summed E-state index contributed by atoms with van der Waals surface area (Å²) in [5, 5.41) is 5.06. The van der Waals surface area contributed by atoms with Crippen LogP contribution >= 0.6 is 11.8 Å². The summed E-state index contributed by atoms with van der Waals surface area (Å²) in [6.07, 6.45) is 0. The van der Waals surface area contributed by atoms with Gasteiger partial charge in [0.15, 0.2) is 0 Å². The molecule has 8 heteroatoms. The number of carbonyl (C=O) groups excluding carboxylic acids is 1. The van der Waals surface area contributed by atoms with Gasteiger partial charge in [-0.1, -0.05) is 0 Å². The molecule has 0 heterocycles. The van der Waals surface area contributed by atoms with E-state index in [0.29, 0.717) is 5.69 Å². The maximum atomic E-state index is 12.6. The summed E-state index contributed by atoms with van der Waals surface area (Å²) < 4.78 is 47.9. The van der Waals surface area contributed by atoms with Crippen LogP contribution in [0.15, 0.2) is 24.3 Å². The molecule has 0 aliphatic carbocycles. The Kier molecular flexibility index (Phi) is 6.10. The molecule has 0 fully saturated rings. The number of rotatable bonds is 6. The van der Waals surface area contributed by atoms with Crippen LogP contribution in [0.5, 0.6) is 0 Å². The fourth-order valence-corrected chi connectivity index (χ4v) is 1.66. The summed E-state index contributed by atoms with van der Waals surface area (Å²) in [5.41, 5.74) is -3.82. The van der Waals surface area contributed by atoms with Crippen LogP contribution in [0.4, 0.5) is 23.2 Å². The highest BCUT2D eigenvalue weighted by molar-refractivity contribution is 8.00. The molecule has 1 amide bonds. The van der Waals surface area contributed by atoms with Crippen molar-refractivity contribution in [2.75, 3.05) is 24.2 Å². The molecule has 0 spiro atoms. The molecule has 0 saturated heterocycles. The van der Waals surface area contributed by atoms with Gasteiger partial charge in [0.05, 0.1) is 6.54 Å². The normalized spacial score (nSPS) is 11.4. The minimum atomic E-state index is -4.25. The summed E-state index contributed by atoms with van der Waals surface area (Å²) in [6.45, 7) is -0.0309. The van der Waals surface area contributed by atoms with Crippen LogP contribution in [0.1, 0.15) is 0 Å². The van der Waals surface area contributed by atoms with Crippen molar-refractivity contribution in [1.82, 2.24) is 5.32 Å². The number of benzene rings is 1. The van der Waals surface area contributed by atoms with Crippen molar-refractivity contribution in [2.24, 2.45) is 0 Å². The van der Waals surface area contributed by atoms with Gasteiger partial charge < -0.3 is 10.6 Å². The molecule has 0 atom stereocenters. The lowest BCUT2D eigenvalue weighted by atomic mass is 10.3. The number of alkyl halides is 3. The fourth-order valence-electron chi connectivity index (χ4n) is 1.18. The minimum absolute atomic E-state index is 0.0705. The molecule has 0 bridgehead atoms. The first-order chi connectivity index (χ1) is 8.87. The van der Waals surface area contributed by atoms with Crippen LogP contribution in [0.2, 0.25) is 0 Å². The summed E-state index contributed by atoms with van der Waals surface area (Å²) in [6, 6.07) is 5.19.